The molecule has 0 aromatic heterocycles. The van der Waals surface area contributed by atoms with Gasteiger partial charge in [-0.2, -0.15) is 0 Å². The van der Waals surface area contributed by atoms with Gasteiger partial charge in [0.25, 0.3) is 0 Å². The SMILES string of the molecule is CN1CC[C@]23CCCC[C@H]2[C@H]1Cc1ccc(O[Si](C)(C)C)cc13. The van der Waals surface area contributed by atoms with Crippen molar-refractivity contribution in [3.05, 3.63) is 29.3 Å². The molecule has 0 spiro atoms. The van der Waals surface area contributed by atoms with E-state index in [1.165, 1.54) is 45.1 Å². The number of hydrogen-bond donors (Lipinski definition) is 0. The molecule has 23 heavy (non-hydrogen) atoms. The second-order valence-corrected chi connectivity index (χ2v) is 13.5. The molecule has 0 N–H and O–H groups in total. The highest BCUT2D eigenvalue weighted by atomic mass is 28.4. The molecule has 0 amide bonds. The minimum absolute atomic E-state index is 0.446. The predicted molar refractivity (Wildman–Crippen MR) is 98.8 cm³/mol. The fraction of sp³-hybridized carbons (Fsp3) is 0.700. The van der Waals surface area contributed by atoms with Gasteiger partial charge in [0.2, 0.25) is 8.32 Å². The van der Waals surface area contributed by atoms with Gasteiger partial charge in [-0.1, -0.05) is 18.9 Å². The van der Waals surface area contributed by atoms with Crippen LogP contribution in [0, 0.1) is 5.92 Å². The van der Waals surface area contributed by atoms with Crippen LogP contribution in [0.5, 0.6) is 5.75 Å². The molecule has 1 heterocycles. The molecule has 2 nitrogen and oxygen atoms in total. The molecule has 0 unspecified atom stereocenters. The summed E-state index contributed by atoms with van der Waals surface area (Å²) in [5.41, 5.74) is 3.70. The van der Waals surface area contributed by atoms with Crippen molar-refractivity contribution in [2.24, 2.45) is 5.92 Å². The van der Waals surface area contributed by atoms with Gasteiger partial charge >= 0.3 is 0 Å². The molecule has 1 aliphatic heterocycles. The van der Waals surface area contributed by atoms with E-state index in [9.17, 15) is 0 Å². The van der Waals surface area contributed by atoms with E-state index in [1.807, 2.05) is 0 Å². The van der Waals surface area contributed by atoms with Crippen LogP contribution in [0.3, 0.4) is 0 Å². The number of likely N-dealkylation sites (N-methyl/N-ethyl adjacent to an activating group) is 1. The zero-order valence-electron chi connectivity index (χ0n) is 15.2. The van der Waals surface area contributed by atoms with Crippen molar-refractivity contribution in [3.8, 4) is 5.75 Å². The van der Waals surface area contributed by atoms with Gasteiger partial charge in [0.05, 0.1) is 0 Å². The first-order chi connectivity index (χ1) is 10.9. The Labute approximate surface area is 142 Å². The van der Waals surface area contributed by atoms with E-state index in [1.54, 1.807) is 11.1 Å². The maximum Gasteiger partial charge on any atom is 0.242 e. The van der Waals surface area contributed by atoms with E-state index in [0.29, 0.717) is 5.41 Å². The minimum Gasteiger partial charge on any atom is -0.544 e. The lowest BCUT2D eigenvalue weighted by Crippen LogP contribution is -2.59. The quantitative estimate of drug-likeness (QED) is 0.736. The van der Waals surface area contributed by atoms with Crippen LogP contribution in [0.1, 0.15) is 43.2 Å². The molecule has 0 radical (unpaired) electrons. The lowest BCUT2D eigenvalue weighted by molar-refractivity contribution is 0.00278. The summed E-state index contributed by atoms with van der Waals surface area (Å²) >= 11 is 0. The molecule has 1 saturated carbocycles. The Morgan fingerprint density at radius 2 is 2.00 bits per heavy atom. The van der Waals surface area contributed by atoms with Gasteiger partial charge in [0.1, 0.15) is 5.75 Å². The van der Waals surface area contributed by atoms with Crippen LogP contribution in [0.2, 0.25) is 19.6 Å². The maximum absolute atomic E-state index is 6.33. The molecule has 126 valence electrons. The van der Waals surface area contributed by atoms with Crippen molar-refractivity contribution in [1.29, 1.82) is 0 Å². The Bertz CT molecular complexity index is 608. The minimum atomic E-state index is -1.54. The van der Waals surface area contributed by atoms with E-state index in [2.05, 4.69) is 49.8 Å². The van der Waals surface area contributed by atoms with Crippen molar-refractivity contribution >= 4 is 8.32 Å². The summed E-state index contributed by atoms with van der Waals surface area (Å²) < 4.78 is 6.33. The highest BCUT2D eigenvalue weighted by Gasteiger charge is 2.53. The highest BCUT2D eigenvalue weighted by Crippen LogP contribution is 2.55. The van der Waals surface area contributed by atoms with Crippen LogP contribution in [0.4, 0.5) is 0 Å². The molecule has 2 bridgehead atoms. The smallest absolute Gasteiger partial charge is 0.242 e. The molecule has 3 heteroatoms. The van der Waals surface area contributed by atoms with Crippen molar-refractivity contribution in [3.63, 3.8) is 0 Å². The van der Waals surface area contributed by atoms with Crippen LogP contribution in [0.25, 0.3) is 0 Å². The van der Waals surface area contributed by atoms with Crippen LogP contribution >= 0.6 is 0 Å². The van der Waals surface area contributed by atoms with Crippen LogP contribution in [0.15, 0.2) is 18.2 Å². The third-order valence-electron chi connectivity index (χ3n) is 6.51. The van der Waals surface area contributed by atoms with Crippen molar-refractivity contribution < 1.29 is 4.43 Å². The molecule has 1 aromatic rings. The number of rotatable bonds is 2. The largest absolute Gasteiger partial charge is 0.544 e. The van der Waals surface area contributed by atoms with Gasteiger partial charge in [-0.05, 0) is 88.1 Å². The van der Waals surface area contributed by atoms with E-state index in [0.717, 1.165) is 17.7 Å². The summed E-state index contributed by atoms with van der Waals surface area (Å²) in [5, 5.41) is 0. The molecule has 4 rings (SSSR count). The molecule has 3 aliphatic rings. The van der Waals surface area contributed by atoms with Crippen molar-refractivity contribution in [1.82, 2.24) is 4.90 Å². The maximum atomic E-state index is 6.33. The van der Waals surface area contributed by atoms with E-state index < -0.39 is 8.32 Å². The molecular formula is C20H31NOSi. The van der Waals surface area contributed by atoms with Gasteiger partial charge in [0.15, 0.2) is 0 Å². The Morgan fingerprint density at radius 3 is 2.78 bits per heavy atom. The highest BCUT2D eigenvalue weighted by molar-refractivity contribution is 6.70. The molecule has 1 aromatic carbocycles. The Kier molecular flexibility index (Phi) is 3.65. The summed E-state index contributed by atoms with van der Waals surface area (Å²) in [6.45, 7) is 8.10. The average molecular weight is 330 g/mol. The first kappa shape index (κ1) is 15.7. The fourth-order valence-electron chi connectivity index (χ4n) is 5.59. The van der Waals surface area contributed by atoms with Gasteiger partial charge in [-0.3, -0.25) is 0 Å². The number of hydrogen-bond acceptors (Lipinski definition) is 2. The van der Waals surface area contributed by atoms with Crippen molar-refractivity contribution in [2.45, 2.75) is 69.6 Å². The number of nitrogens with zero attached hydrogens (tertiary/aromatic N) is 1. The van der Waals surface area contributed by atoms with Gasteiger partial charge in [-0.25, -0.2) is 0 Å². The Morgan fingerprint density at radius 1 is 1.17 bits per heavy atom. The Balaban J connectivity index is 1.79. The summed E-state index contributed by atoms with van der Waals surface area (Å²) in [6, 6.07) is 7.81. The van der Waals surface area contributed by atoms with Crippen LogP contribution < -0.4 is 4.43 Å². The molecule has 2 fully saturated rings. The summed E-state index contributed by atoms with van der Waals surface area (Å²) in [5.74, 6) is 1.99. The number of piperidine rings is 1. The van der Waals surface area contributed by atoms with Gasteiger partial charge in [-0.15, -0.1) is 0 Å². The lowest BCUT2D eigenvalue weighted by Gasteiger charge is -2.58. The number of fused-ring (bicyclic) bond motifs is 1. The predicted octanol–water partition coefficient (Wildman–Crippen LogP) is 4.59. The van der Waals surface area contributed by atoms with Gasteiger partial charge < -0.3 is 9.33 Å². The average Bonchev–Trinajstić information content (AvgIpc) is 2.50. The standard InChI is InChI=1S/C20H31NOSi/c1-21-12-11-20-10-6-5-7-17(20)19(21)13-15-8-9-16(14-18(15)20)22-23(2,3)4/h8-9,14,17,19H,5-7,10-13H2,1-4H3/t17-,19+,20+/m0/s1. The van der Waals surface area contributed by atoms with Gasteiger partial charge in [0, 0.05) is 11.5 Å². The van der Waals surface area contributed by atoms with E-state index in [-0.39, 0.29) is 0 Å². The topological polar surface area (TPSA) is 12.5 Å². The lowest BCUT2D eigenvalue weighted by atomic mass is 9.52. The number of benzene rings is 1. The van der Waals surface area contributed by atoms with E-state index >= 15 is 0 Å². The second-order valence-electron chi connectivity index (χ2n) is 9.04. The summed E-state index contributed by atoms with van der Waals surface area (Å²) in [6.07, 6.45) is 8.24. The third-order valence-corrected chi connectivity index (χ3v) is 7.36. The summed E-state index contributed by atoms with van der Waals surface area (Å²) in [4.78, 5) is 2.64. The zero-order valence-corrected chi connectivity index (χ0v) is 16.2. The Hall–Kier alpha value is -0.803. The first-order valence-corrected chi connectivity index (χ1v) is 12.8. The summed E-state index contributed by atoms with van der Waals surface area (Å²) in [7, 11) is 0.804. The first-order valence-electron chi connectivity index (χ1n) is 9.42. The molecule has 2 aliphatic carbocycles. The number of likely N-dealkylation sites (tertiary alicyclic amines) is 1. The molecule has 3 atom stereocenters. The van der Waals surface area contributed by atoms with Crippen molar-refractivity contribution in [2.75, 3.05) is 13.6 Å². The monoisotopic (exact) mass is 329 g/mol. The fourth-order valence-corrected chi connectivity index (χ4v) is 6.43. The van der Waals surface area contributed by atoms with E-state index in [4.69, 9.17) is 4.43 Å². The third kappa shape index (κ3) is 2.56. The second kappa shape index (κ2) is 5.35. The van der Waals surface area contributed by atoms with Crippen LogP contribution in [-0.4, -0.2) is 32.9 Å². The normalized spacial score (nSPS) is 33.7. The van der Waals surface area contributed by atoms with Crippen LogP contribution in [-0.2, 0) is 11.8 Å². The zero-order chi connectivity index (χ0) is 16.2. The molecule has 1 saturated heterocycles. The molecular weight excluding hydrogens is 298 g/mol.